The SMILES string of the molecule is Cc1cccc(-c2nnnn2CC2CC2(C)C)c1N. The molecule has 100 valence electrons. The van der Waals surface area contributed by atoms with Crippen molar-refractivity contribution in [2.24, 2.45) is 11.3 Å². The molecule has 0 bridgehead atoms. The van der Waals surface area contributed by atoms with Crippen LogP contribution in [0, 0.1) is 18.3 Å². The molecule has 0 aliphatic heterocycles. The van der Waals surface area contributed by atoms with E-state index in [9.17, 15) is 0 Å². The third-order valence-corrected chi connectivity index (χ3v) is 4.21. The zero-order valence-corrected chi connectivity index (χ0v) is 11.6. The van der Waals surface area contributed by atoms with Crippen LogP contribution in [0.5, 0.6) is 0 Å². The maximum Gasteiger partial charge on any atom is 0.184 e. The van der Waals surface area contributed by atoms with E-state index in [0.717, 1.165) is 29.2 Å². The lowest BCUT2D eigenvalue weighted by atomic mass is 10.1. The number of nitrogens with zero attached hydrogens (tertiary/aromatic N) is 4. The standard InChI is InChI=1S/C14H19N5/c1-9-5-4-6-11(12(9)15)13-16-17-18-19(13)8-10-7-14(10,2)3/h4-6,10H,7-8,15H2,1-3H3. The number of hydrogen-bond donors (Lipinski definition) is 1. The molecule has 1 saturated carbocycles. The van der Waals surface area contributed by atoms with Crippen molar-refractivity contribution in [1.29, 1.82) is 0 Å². The Labute approximate surface area is 112 Å². The quantitative estimate of drug-likeness (QED) is 0.856. The van der Waals surface area contributed by atoms with Crippen LogP contribution in [0.25, 0.3) is 11.4 Å². The summed E-state index contributed by atoms with van der Waals surface area (Å²) in [6.07, 6.45) is 1.23. The molecule has 5 heteroatoms. The minimum Gasteiger partial charge on any atom is -0.398 e. The second kappa shape index (κ2) is 4.05. The molecule has 1 aromatic heterocycles. The summed E-state index contributed by atoms with van der Waals surface area (Å²) in [4.78, 5) is 0. The van der Waals surface area contributed by atoms with Crippen molar-refractivity contribution in [3.63, 3.8) is 0 Å². The molecule has 1 heterocycles. The first-order valence-electron chi connectivity index (χ1n) is 6.60. The Kier molecular flexibility index (Phi) is 2.59. The van der Waals surface area contributed by atoms with Gasteiger partial charge >= 0.3 is 0 Å². The van der Waals surface area contributed by atoms with Crippen molar-refractivity contribution >= 4 is 5.69 Å². The second-order valence-electron chi connectivity index (χ2n) is 6.11. The maximum absolute atomic E-state index is 6.13. The largest absolute Gasteiger partial charge is 0.398 e. The first-order chi connectivity index (χ1) is 8.99. The number of tetrazole rings is 1. The van der Waals surface area contributed by atoms with Crippen molar-refractivity contribution < 1.29 is 0 Å². The summed E-state index contributed by atoms with van der Waals surface area (Å²) in [5.41, 5.74) is 9.28. The van der Waals surface area contributed by atoms with Crippen LogP contribution in [0.15, 0.2) is 18.2 Å². The van der Waals surface area contributed by atoms with Gasteiger partial charge in [-0.15, -0.1) is 5.10 Å². The summed E-state index contributed by atoms with van der Waals surface area (Å²) in [6, 6.07) is 5.96. The number of aromatic nitrogens is 4. The van der Waals surface area contributed by atoms with E-state index >= 15 is 0 Å². The number of aryl methyl sites for hydroxylation is 1. The summed E-state index contributed by atoms with van der Waals surface area (Å²) < 4.78 is 1.88. The van der Waals surface area contributed by atoms with Gasteiger partial charge in [-0.25, -0.2) is 4.68 Å². The summed E-state index contributed by atoms with van der Waals surface area (Å²) in [5, 5.41) is 12.1. The lowest BCUT2D eigenvalue weighted by molar-refractivity contribution is 0.467. The van der Waals surface area contributed by atoms with Gasteiger partial charge in [0.15, 0.2) is 5.82 Å². The molecule has 1 aromatic carbocycles. The lowest BCUT2D eigenvalue weighted by Crippen LogP contribution is -2.08. The molecule has 0 saturated heterocycles. The van der Waals surface area contributed by atoms with Gasteiger partial charge in [0.2, 0.25) is 0 Å². The lowest BCUT2D eigenvalue weighted by Gasteiger charge is -2.09. The number of anilines is 1. The van der Waals surface area contributed by atoms with E-state index in [1.165, 1.54) is 6.42 Å². The van der Waals surface area contributed by atoms with Gasteiger partial charge in [0.05, 0.1) is 0 Å². The van der Waals surface area contributed by atoms with E-state index < -0.39 is 0 Å². The summed E-state index contributed by atoms with van der Waals surface area (Å²) in [7, 11) is 0. The van der Waals surface area contributed by atoms with E-state index in [2.05, 4.69) is 29.4 Å². The van der Waals surface area contributed by atoms with Gasteiger partial charge in [-0.1, -0.05) is 26.0 Å². The van der Waals surface area contributed by atoms with Crippen molar-refractivity contribution in [2.45, 2.75) is 33.7 Å². The van der Waals surface area contributed by atoms with Gasteiger partial charge in [-0.3, -0.25) is 0 Å². The van der Waals surface area contributed by atoms with Crippen LogP contribution >= 0.6 is 0 Å². The minimum atomic E-state index is 0.418. The average Bonchev–Trinajstić information content (AvgIpc) is 2.74. The molecule has 1 aliphatic rings. The number of nitrogens with two attached hydrogens (primary N) is 1. The normalized spacial score (nSPS) is 20.5. The molecule has 1 fully saturated rings. The number of benzene rings is 1. The van der Waals surface area contributed by atoms with Crippen LogP contribution < -0.4 is 5.73 Å². The third kappa shape index (κ3) is 2.09. The van der Waals surface area contributed by atoms with Crippen LogP contribution in [0.1, 0.15) is 25.8 Å². The highest BCUT2D eigenvalue weighted by Gasteiger charge is 2.46. The number of nitrogen functional groups attached to an aromatic ring is 1. The third-order valence-electron chi connectivity index (χ3n) is 4.21. The number of rotatable bonds is 3. The fourth-order valence-corrected chi connectivity index (χ4v) is 2.49. The van der Waals surface area contributed by atoms with Gasteiger partial charge in [0.1, 0.15) is 0 Å². The topological polar surface area (TPSA) is 69.6 Å². The Bertz CT molecular complexity index is 614. The molecule has 2 aromatic rings. The maximum atomic E-state index is 6.13. The number of para-hydroxylation sites is 1. The van der Waals surface area contributed by atoms with Crippen LogP contribution in [-0.2, 0) is 6.54 Å². The predicted octanol–water partition coefficient (Wildman–Crippen LogP) is 2.28. The zero-order valence-electron chi connectivity index (χ0n) is 11.6. The fraction of sp³-hybridized carbons (Fsp3) is 0.500. The summed E-state index contributed by atoms with van der Waals surface area (Å²) in [5.74, 6) is 1.42. The van der Waals surface area contributed by atoms with Gasteiger partial charge in [-0.05, 0) is 46.7 Å². The van der Waals surface area contributed by atoms with E-state index in [1.807, 2.05) is 29.8 Å². The highest BCUT2D eigenvalue weighted by Crippen LogP contribution is 2.52. The zero-order chi connectivity index (χ0) is 13.6. The molecule has 5 nitrogen and oxygen atoms in total. The monoisotopic (exact) mass is 257 g/mol. The van der Waals surface area contributed by atoms with Crippen molar-refractivity contribution in [3.05, 3.63) is 23.8 Å². The van der Waals surface area contributed by atoms with E-state index in [1.54, 1.807) is 0 Å². The molecule has 3 rings (SSSR count). The summed E-state index contributed by atoms with van der Waals surface area (Å²) in [6.45, 7) is 7.42. The molecule has 19 heavy (non-hydrogen) atoms. The Morgan fingerprint density at radius 2 is 2.16 bits per heavy atom. The Hall–Kier alpha value is -1.91. The number of hydrogen-bond acceptors (Lipinski definition) is 4. The Morgan fingerprint density at radius 3 is 2.84 bits per heavy atom. The molecule has 0 amide bonds. The molecule has 1 unspecified atom stereocenters. The smallest absolute Gasteiger partial charge is 0.184 e. The second-order valence-corrected chi connectivity index (χ2v) is 6.11. The molecule has 1 atom stereocenters. The molecular weight excluding hydrogens is 238 g/mol. The van der Waals surface area contributed by atoms with Gasteiger partial charge in [0, 0.05) is 17.8 Å². The van der Waals surface area contributed by atoms with Gasteiger partial charge in [0.25, 0.3) is 0 Å². The van der Waals surface area contributed by atoms with E-state index in [0.29, 0.717) is 11.3 Å². The van der Waals surface area contributed by atoms with Gasteiger partial charge < -0.3 is 5.73 Å². The molecule has 2 N–H and O–H groups in total. The van der Waals surface area contributed by atoms with Crippen molar-refractivity contribution in [1.82, 2.24) is 20.2 Å². The first kappa shape index (κ1) is 12.1. The highest BCUT2D eigenvalue weighted by molar-refractivity contribution is 5.73. The van der Waals surface area contributed by atoms with Crippen LogP contribution in [0.2, 0.25) is 0 Å². The van der Waals surface area contributed by atoms with Crippen LogP contribution in [-0.4, -0.2) is 20.2 Å². The Morgan fingerprint density at radius 1 is 1.42 bits per heavy atom. The van der Waals surface area contributed by atoms with E-state index in [-0.39, 0.29) is 0 Å². The summed E-state index contributed by atoms with van der Waals surface area (Å²) >= 11 is 0. The first-order valence-corrected chi connectivity index (χ1v) is 6.60. The Balaban J connectivity index is 1.94. The van der Waals surface area contributed by atoms with Crippen molar-refractivity contribution in [3.8, 4) is 11.4 Å². The van der Waals surface area contributed by atoms with Crippen LogP contribution in [0.3, 0.4) is 0 Å². The highest BCUT2D eigenvalue weighted by atomic mass is 15.5. The minimum absolute atomic E-state index is 0.418. The predicted molar refractivity (Wildman–Crippen MR) is 74.3 cm³/mol. The molecule has 0 spiro atoms. The molecular formula is C14H19N5. The van der Waals surface area contributed by atoms with E-state index in [4.69, 9.17) is 5.73 Å². The van der Waals surface area contributed by atoms with Crippen LogP contribution in [0.4, 0.5) is 5.69 Å². The average molecular weight is 257 g/mol. The molecule has 0 radical (unpaired) electrons. The van der Waals surface area contributed by atoms with Crippen molar-refractivity contribution in [2.75, 3.05) is 5.73 Å². The fourth-order valence-electron chi connectivity index (χ4n) is 2.49. The molecule has 1 aliphatic carbocycles. The van der Waals surface area contributed by atoms with Gasteiger partial charge in [-0.2, -0.15) is 0 Å².